The number of ketones is 1. The Morgan fingerprint density at radius 2 is 1.46 bits per heavy atom. The summed E-state index contributed by atoms with van der Waals surface area (Å²) in [7, 11) is 0. The SMILES string of the molecule is Cc1cc(-c2ccccc2)c(C(=O)c2ccccc2)c(N2CCCC2)c1. The second-order valence-electron chi connectivity index (χ2n) is 6.96. The average molecular weight is 341 g/mol. The number of carbonyl (C=O) groups excluding carboxylic acids is 1. The Bertz CT molecular complexity index is 910. The number of carbonyl (C=O) groups is 1. The van der Waals surface area contributed by atoms with E-state index >= 15 is 0 Å². The molecule has 0 N–H and O–H groups in total. The van der Waals surface area contributed by atoms with E-state index in [9.17, 15) is 4.79 Å². The second kappa shape index (κ2) is 7.17. The van der Waals surface area contributed by atoms with E-state index in [1.165, 1.54) is 18.4 Å². The highest BCUT2D eigenvalue weighted by molar-refractivity contribution is 6.16. The molecule has 1 fully saturated rings. The first-order valence-corrected chi connectivity index (χ1v) is 9.29. The van der Waals surface area contributed by atoms with Crippen molar-refractivity contribution in [1.82, 2.24) is 0 Å². The van der Waals surface area contributed by atoms with Gasteiger partial charge in [-0.2, -0.15) is 0 Å². The maximum atomic E-state index is 13.5. The molecule has 1 heterocycles. The summed E-state index contributed by atoms with van der Waals surface area (Å²) in [6.45, 7) is 4.16. The van der Waals surface area contributed by atoms with Crippen LogP contribution in [0.15, 0.2) is 72.8 Å². The van der Waals surface area contributed by atoms with Gasteiger partial charge in [-0.3, -0.25) is 4.79 Å². The maximum absolute atomic E-state index is 13.5. The highest BCUT2D eigenvalue weighted by Gasteiger charge is 2.24. The fourth-order valence-corrected chi connectivity index (χ4v) is 3.79. The Morgan fingerprint density at radius 1 is 0.846 bits per heavy atom. The Hall–Kier alpha value is -2.87. The van der Waals surface area contributed by atoms with Crippen LogP contribution in [-0.4, -0.2) is 18.9 Å². The molecular formula is C24H23NO. The first-order valence-electron chi connectivity index (χ1n) is 9.29. The fraction of sp³-hybridized carbons (Fsp3) is 0.208. The summed E-state index contributed by atoms with van der Waals surface area (Å²) < 4.78 is 0. The van der Waals surface area contributed by atoms with Crippen molar-refractivity contribution < 1.29 is 4.79 Å². The van der Waals surface area contributed by atoms with Crippen LogP contribution in [0.4, 0.5) is 5.69 Å². The van der Waals surface area contributed by atoms with E-state index in [-0.39, 0.29) is 5.78 Å². The predicted octanol–water partition coefficient (Wildman–Crippen LogP) is 5.49. The van der Waals surface area contributed by atoms with Crippen molar-refractivity contribution in [3.8, 4) is 11.1 Å². The normalized spacial score (nSPS) is 13.8. The number of nitrogens with zero attached hydrogens (tertiary/aromatic N) is 1. The zero-order valence-electron chi connectivity index (χ0n) is 15.1. The quantitative estimate of drug-likeness (QED) is 0.585. The van der Waals surface area contributed by atoms with Crippen molar-refractivity contribution in [2.24, 2.45) is 0 Å². The lowest BCUT2D eigenvalue weighted by molar-refractivity contribution is 0.104. The molecule has 4 rings (SSSR count). The monoisotopic (exact) mass is 341 g/mol. The van der Waals surface area contributed by atoms with Crippen LogP contribution in [-0.2, 0) is 0 Å². The molecule has 0 radical (unpaired) electrons. The van der Waals surface area contributed by atoms with Crippen LogP contribution in [0.1, 0.15) is 34.3 Å². The largest absolute Gasteiger partial charge is 0.371 e. The number of anilines is 1. The Kier molecular flexibility index (Phi) is 4.57. The lowest BCUT2D eigenvalue weighted by Gasteiger charge is -2.24. The van der Waals surface area contributed by atoms with Gasteiger partial charge < -0.3 is 4.90 Å². The van der Waals surface area contributed by atoms with Gasteiger partial charge >= 0.3 is 0 Å². The molecule has 0 bridgehead atoms. The summed E-state index contributed by atoms with van der Waals surface area (Å²) >= 11 is 0. The predicted molar refractivity (Wildman–Crippen MR) is 108 cm³/mol. The molecule has 0 aliphatic carbocycles. The molecule has 1 aliphatic heterocycles. The molecule has 1 saturated heterocycles. The van der Waals surface area contributed by atoms with Crippen LogP contribution in [0.25, 0.3) is 11.1 Å². The van der Waals surface area contributed by atoms with Gasteiger partial charge in [-0.15, -0.1) is 0 Å². The summed E-state index contributed by atoms with van der Waals surface area (Å²) in [5, 5.41) is 0. The van der Waals surface area contributed by atoms with Gasteiger partial charge in [0.1, 0.15) is 0 Å². The Balaban J connectivity index is 1.94. The van der Waals surface area contributed by atoms with Crippen molar-refractivity contribution in [2.45, 2.75) is 19.8 Å². The van der Waals surface area contributed by atoms with Crippen LogP contribution >= 0.6 is 0 Å². The van der Waals surface area contributed by atoms with Gasteiger partial charge in [0.15, 0.2) is 5.78 Å². The molecule has 2 heteroatoms. The topological polar surface area (TPSA) is 20.3 Å². The van der Waals surface area contributed by atoms with Crippen LogP contribution in [0.5, 0.6) is 0 Å². The minimum atomic E-state index is 0.103. The molecule has 0 atom stereocenters. The van der Waals surface area contributed by atoms with Gasteiger partial charge in [-0.1, -0.05) is 66.7 Å². The highest BCUT2D eigenvalue weighted by Crippen LogP contribution is 2.36. The summed E-state index contributed by atoms with van der Waals surface area (Å²) in [6, 6.07) is 24.2. The zero-order chi connectivity index (χ0) is 17.9. The van der Waals surface area contributed by atoms with Crippen molar-refractivity contribution in [3.63, 3.8) is 0 Å². The third-order valence-electron chi connectivity index (χ3n) is 5.06. The Morgan fingerprint density at radius 3 is 2.12 bits per heavy atom. The van der Waals surface area contributed by atoms with Gasteiger partial charge in [0.2, 0.25) is 0 Å². The molecule has 2 nitrogen and oxygen atoms in total. The first kappa shape index (κ1) is 16.6. The van der Waals surface area contributed by atoms with E-state index in [2.05, 4.69) is 36.1 Å². The van der Waals surface area contributed by atoms with Gasteiger partial charge in [0, 0.05) is 24.3 Å². The number of hydrogen-bond donors (Lipinski definition) is 0. The average Bonchev–Trinajstić information content (AvgIpc) is 3.23. The van der Waals surface area contributed by atoms with Gasteiger partial charge in [-0.25, -0.2) is 0 Å². The molecule has 0 unspecified atom stereocenters. The molecule has 0 amide bonds. The van der Waals surface area contributed by atoms with E-state index in [1.54, 1.807) is 0 Å². The van der Waals surface area contributed by atoms with Crippen molar-refractivity contribution >= 4 is 11.5 Å². The van der Waals surface area contributed by atoms with Gasteiger partial charge in [0.25, 0.3) is 0 Å². The minimum absolute atomic E-state index is 0.103. The van der Waals surface area contributed by atoms with Crippen LogP contribution in [0.3, 0.4) is 0 Å². The second-order valence-corrected chi connectivity index (χ2v) is 6.96. The molecule has 1 aliphatic rings. The molecule has 0 saturated carbocycles. The van der Waals surface area contributed by atoms with E-state index in [4.69, 9.17) is 0 Å². The molecule has 0 aromatic heterocycles. The van der Waals surface area contributed by atoms with Gasteiger partial charge in [-0.05, 0) is 42.5 Å². The van der Waals surface area contributed by atoms with Crippen molar-refractivity contribution in [2.75, 3.05) is 18.0 Å². The molecule has 130 valence electrons. The van der Waals surface area contributed by atoms with Crippen LogP contribution in [0, 0.1) is 6.92 Å². The number of aryl methyl sites for hydroxylation is 1. The molecule has 3 aromatic carbocycles. The van der Waals surface area contributed by atoms with Crippen molar-refractivity contribution in [1.29, 1.82) is 0 Å². The van der Waals surface area contributed by atoms with E-state index in [0.717, 1.165) is 41.0 Å². The smallest absolute Gasteiger partial charge is 0.195 e. The third-order valence-corrected chi connectivity index (χ3v) is 5.06. The molecule has 0 spiro atoms. The molecule has 26 heavy (non-hydrogen) atoms. The van der Waals surface area contributed by atoms with Gasteiger partial charge in [0.05, 0.1) is 5.56 Å². The summed E-state index contributed by atoms with van der Waals surface area (Å²) in [4.78, 5) is 15.9. The van der Waals surface area contributed by atoms with E-state index < -0.39 is 0 Å². The zero-order valence-corrected chi connectivity index (χ0v) is 15.1. The maximum Gasteiger partial charge on any atom is 0.195 e. The molecule has 3 aromatic rings. The number of rotatable bonds is 4. The summed E-state index contributed by atoms with van der Waals surface area (Å²) in [5.74, 6) is 0.103. The summed E-state index contributed by atoms with van der Waals surface area (Å²) in [5.41, 5.74) is 5.96. The third kappa shape index (κ3) is 3.15. The summed E-state index contributed by atoms with van der Waals surface area (Å²) in [6.07, 6.45) is 2.38. The standard InChI is InChI=1S/C24H23NO/c1-18-16-21(19-10-4-2-5-11-19)23(22(17-18)25-14-8-9-15-25)24(26)20-12-6-3-7-13-20/h2-7,10-13,16-17H,8-9,14-15H2,1H3. The minimum Gasteiger partial charge on any atom is -0.371 e. The van der Waals surface area contributed by atoms with E-state index in [0.29, 0.717) is 0 Å². The van der Waals surface area contributed by atoms with Crippen molar-refractivity contribution in [3.05, 3.63) is 89.5 Å². The number of hydrogen-bond acceptors (Lipinski definition) is 2. The molecular weight excluding hydrogens is 318 g/mol. The Labute approximate surface area is 155 Å². The fourth-order valence-electron chi connectivity index (χ4n) is 3.79. The van der Waals surface area contributed by atoms with Crippen LogP contribution < -0.4 is 4.90 Å². The lowest BCUT2D eigenvalue weighted by atomic mass is 9.90. The van der Waals surface area contributed by atoms with Crippen LogP contribution in [0.2, 0.25) is 0 Å². The number of benzene rings is 3. The highest BCUT2D eigenvalue weighted by atomic mass is 16.1. The first-order chi connectivity index (χ1) is 12.7. The van der Waals surface area contributed by atoms with E-state index in [1.807, 2.05) is 48.5 Å². The lowest BCUT2D eigenvalue weighted by Crippen LogP contribution is -2.21.